The fraction of sp³-hybridized carbons (Fsp3) is 0.556. The van der Waals surface area contributed by atoms with E-state index in [1.807, 2.05) is 18.6 Å². The van der Waals surface area contributed by atoms with Gasteiger partial charge >= 0.3 is 0 Å². The molecule has 1 heteroatoms. The second-order valence-electron chi connectivity index (χ2n) is 3.01. The van der Waals surface area contributed by atoms with Gasteiger partial charge in [-0.2, -0.15) is 0 Å². The van der Waals surface area contributed by atoms with Crippen molar-refractivity contribution < 1.29 is 5.11 Å². The van der Waals surface area contributed by atoms with Crippen molar-refractivity contribution in [2.75, 3.05) is 0 Å². The van der Waals surface area contributed by atoms with Crippen LogP contribution in [0.4, 0.5) is 0 Å². The normalized spacial score (nSPS) is 12.8. The van der Waals surface area contributed by atoms with E-state index in [1.54, 1.807) is 13.8 Å². The molecule has 1 N–H and O–H groups in total. The van der Waals surface area contributed by atoms with Crippen LogP contribution in [0.25, 0.3) is 0 Å². The average Bonchev–Trinajstić information content (AvgIpc) is 1.78. The summed E-state index contributed by atoms with van der Waals surface area (Å²) in [5.41, 5.74) is -0.572. The van der Waals surface area contributed by atoms with Gasteiger partial charge in [0.25, 0.3) is 0 Å². The molecule has 0 saturated carbocycles. The molecule has 0 aromatic carbocycles. The van der Waals surface area contributed by atoms with Gasteiger partial charge in [-0.1, -0.05) is 12.2 Å². The summed E-state index contributed by atoms with van der Waals surface area (Å²) >= 11 is 0. The molecule has 0 unspecified atom stereocenters. The molecule has 0 aromatic heterocycles. The predicted octanol–water partition coefficient (Wildman–Crippen LogP) is 2.13. The van der Waals surface area contributed by atoms with E-state index in [1.165, 1.54) is 0 Å². The molecule has 10 heavy (non-hydrogen) atoms. The number of hydrogen-bond acceptors (Lipinski definition) is 1. The minimum atomic E-state index is -0.572. The standard InChI is InChI=1S/C9H16O/c1-4-5-6-7-8-9(2,3)10/h4,6-7,10H,1,5,8H2,2-3H3. The van der Waals surface area contributed by atoms with Crippen molar-refractivity contribution in [2.45, 2.75) is 32.3 Å². The smallest absolute Gasteiger partial charge is 0.0626 e. The van der Waals surface area contributed by atoms with Crippen LogP contribution in [-0.2, 0) is 0 Å². The summed E-state index contributed by atoms with van der Waals surface area (Å²) in [6.45, 7) is 7.17. The number of unbranched alkanes of at least 4 members (excludes halogenated alkanes) is 1. The summed E-state index contributed by atoms with van der Waals surface area (Å²) in [4.78, 5) is 0. The molecule has 0 saturated heterocycles. The molecule has 58 valence electrons. The third kappa shape index (κ3) is 7.70. The fourth-order valence-electron chi connectivity index (χ4n) is 0.564. The SMILES string of the molecule is [CH2][CH]CC=CCC(C)(C)O. The Kier molecular flexibility index (Phi) is 4.37. The summed E-state index contributed by atoms with van der Waals surface area (Å²) < 4.78 is 0. The first kappa shape index (κ1) is 9.70. The van der Waals surface area contributed by atoms with Gasteiger partial charge in [-0.25, -0.2) is 0 Å². The zero-order chi connectivity index (χ0) is 8.04. The molecule has 0 fully saturated rings. The van der Waals surface area contributed by atoms with Gasteiger partial charge in [0.15, 0.2) is 0 Å². The lowest BCUT2D eigenvalue weighted by Gasteiger charge is -2.13. The molecule has 0 rings (SSSR count). The Morgan fingerprint density at radius 2 is 2.00 bits per heavy atom. The van der Waals surface area contributed by atoms with Crippen molar-refractivity contribution in [3.63, 3.8) is 0 Å². The van der Waals surface area contributed by atoms with Gasteiger partial charge in [0, 0.05) is 0 Å². The van der Waals surface area contributed by atoms with E-state index in [2.05, 4.69) is 6.92 Å². The molecule has 0 aliphatic carbocycles. The van der Waals surface area contributed by atoms with E-state index < -0.39 is 5.60 Å². The monoisotopic (exact) mass is 140 g/mol. The zero-order valence-electron chi connectivity index (χ0n) is 6.80. The average molecular weight is 140 g/mol. The highest BCUT2D eigenvalue weighted by Crippen LogP contribution is 2.07. The summed E-state index contributed by atoms with van der Waals surface area (Å²) in [6.07, 6.45) is 7.41. The van der Waals surface area contributed by atoms with Crippen LogP contribution >= 0.6 is 0 Å². The predicted molar refractivity (Wildman–Crippen MR) is 44.3 cm³/mol. The minimum absolute atomic E-state index is 0.572. The van der Waals surface area contributed by atoms with Gasteiger partial charge in [0.2, 0.25) is 0 Å². The van der Waals surface area contributed by atoms with Crippen LogP contribution in [0.5, 0.6) is 0 Å². The number of allylic oxidation sites excluding steroid dienone is 1. The zero-order valence-corrected chi connectivity index (χ0v) is 6.80. The van der Waals surface area contributed by atoms with Gasteiger partial charge < -0.3 is 5.11 Å². The number of aliphatic hydroxyl groups is 1. The maximum absolute atomic E-state index is 9.24. The van der Waals surface area contributed by atoms with Gasteiger partial charge in [-0.15, -0.1) is 0 Å². The van der Waals surface area contributed by atoms with Crippen LogP contribution < -0.4 is 0 Å². The first-order chi connectivity index (χ1) is 4.56. The highest BCUT2D eigenvalue weighted by molar-refractivity contribution is 4.91. The molecule has 0 aliphatic rings. The molecular weight excluding hydrogens is 124 g/mol. The molecule has 0 bridgehead atoms. The van der Waals surface area contributed by atoms with E-state index in [4.69, 9.17) is 0 Å². The molecule has 2 radical (unpaired) electrons. The van der Waals surface area contributed by atoms with Crippen LogP contribution in [0.3, 0.4) is 0 Å². The Morgan fingerprint density at radius 3 is 2.40 bits per heavy atom. The van der Waals surface area contributed by atoms with Crippen molar-refractivity contribution in [3.05, 3.63) is 25.5 Å². The van der Waals surface area contributed by atoms with Crippen molar-refractivity contribution in [1.29, 1.82) is 0 Å². The second-order valence-corrected chi connectivity index (χ2v) is 3.01. The Balaban J connectivity index is 3.34. The number of rotatable bonds is 4. The molecule has 1 nitrogen and oxygen atoms in total. The van der Waals surface area contributed by atoms with Crippen molar-refractivity contribution in [1.82, 2.24) is 0 Å². The Bertz CT molecular complexity index is 97.8. The molecule has 0 spiro atoms. The molecule has 0 atom stereocenters. The summed E-state index contributed by atoms with van der Waals surface area (Å²) in [5.74, 6) is 0. The summed E-state index contributed by atoms with van der Waals surface area (Å²) in [5, 5.41) is 9.24. The molecular formula is C9H16O. The van der Waals surface area contributed by atoms with Gasteiger partial charge in [-0.3, -0.25) is 0 Å². The van der Waals surface area contributed by atoms with E-state index in [0.29, 0.717) is 6.42 Å². The van der Waals surface area contributed by atoms with E-state index in [0.717, 1.165) is 6.42 Å². The first-order valence-electron chi connectivity index (χ1n) is 3.54. The van der Waals surface area contributed by atoms with E-state index >= 15 is 0 Å². The largest absolute Gasteiger partial charge is 0.390 e. The van der Waals surface area contributed by atoms with Crippen LogP contribution in [0.1, 0.15) is 26.7 Å². The van der Waals surface area contributed by atoms with E-state index in [-0.39, 0.29) is 0 Å². The third-order valence-electron chi connectivity index (χ3n) is 1.09. The lowest BCUT2D eigenvalue weighted by Crippen LogP contribution is -2.16. The van der Waals surface area contributed by atoms with Crippen molar-refractivity contribution in [3.8, 4) is 0 Å². The first-order valence-corrected chi connectivity index (χ1v) is 3.54. The lowest BCUT2D eigenvalue weighted by atomic mass is 10.1. The quantitative estimate of drug-likeness (QED) is 0.593. The van der Waals surface area contributed by atoms with Crippen molar-refractivity contribution in [2.24, 2.45) is 0 Å². The molecule has 0 amide bonds. The van der Waals surface area contributed by atoms with Crippen LogP contribution in [0.15, 0.2) is 12.2 Å². The maximum atomic E-state index is 9.24. The third-order valence-corrected chi connectivity index (χ3v) is 1.09. The highest BCUT2D eigenvalue weighted by Gasteiger charge is 2.07. The summed E-state index contributed by atoms with van der Waals surface area (Å²) in [7, 11) is 0. The Labute approximate surface area is 63.8 Å². The fourth-order valence-corrected chi connectivity index (χ4v) is 0.564. The van der Waals surface area contributed by atoms with E-state index in [9.17, 15) is 5.11 Å². The highest BCUT2D eigenvalue weighted by atomic mass is 16.3. The molecule has 0 heterocycles. The van der Waals surface area contributed by atoms with Gasteiger partial charge in [0.05, 0.1) is 5.60 Å². The molecule has 0 aliphatic heterocycles. The second kappa shape index (κ2) is 4.51. The van der Waals surface area contributed by atoms with Crippen LogP contribution in [0, 0.1) is 13.3 Å². The Morgan fingerprint density at radius 1 is 1.40 bits per heavy atom. The summed E-state index contributed by atoms with van der Waals surface area (Å²) in [6, 6.07) is 0. The van der Waals surface area contributed by atoms with Crippen LogP contribution in [0.2, 0.25) is 0 Å². The topological polar surface area (TPSA) is 20.2 Å². The number of hydrogen-bond donors (Lipinski definition) is 1. The molecule has 0 aromatic rings. The van der Waals surface area contributed by atoms with Crippen LogP contribution in [-0.4, -0.2) is 10.7 Å². The lowest BCUT2D eigenvalue weighted by molar-refractivity contribution is 0.0838. The van der Waals surface area contributed by atoms with Crippen molar-refractivity contribution >= 4 is 0 Å². The Hall–Kier alpha value is -0.300. The maximum Gasteiger partial charge on any atom is 0.0626 e. The van der Waals surface area contributed by atoms with Gasteiger partial charge in [0.1, 0.15) is 0 Å². The minimum Gasteiger partial charge on any atom is -0.390 e. The van der Waals surface area contributed by atoms with Gasteiger partial charge in [-0.05, 0) is 40.0 Å².